The molecular weight excluding hydrogens is 292 g/mol. The molecule has 0 saturated heterocycles. The van der Waals surface area contributed by atoms with E-state index >= 15 is 0 Å². The van der Waals surface area contributed by atoms with Gasteiger partial charge in [0, 0.05) is 10.6 Å². The summed E-state index contributed by atoms with van der Waals surface area (Å²) in [7, 11) is 0. The fourth-order valence-electron chi connectivity index (χ4n) is 1.68. The van der Waals surface area contributed by atoms with Crippen LogP contribution in [0.25, 0.3) is 0 Å². The van der Waals surface area contributed by atoms with E-state index < -0.39 is 5.91 Å². The number of nitrogens with one attached hydrogen (secondary N) is 1. The lowest BCUT2D eigenvalue weighted by atomic mass is 10.1. The van der Waals surface area contributed by atoms with Crippen molar-refractivity contribution in [2.24, 2.45) is 5.10 Å². The van der Waals surface area contributed by atoms with Gasteiger partial charge in [0.25, 0.3) is 5.91 Å². The molecule has 2 rings (SSSR count). The van der Waals surface area contributed by atoms with E-state index in [0.717, 1.165) is 0 Å². The van der Waals surface area contributed by atoms with Gasteiger partial charge in [0.15, 0.2) is 0 Å². The first kappa shape index (κ1) is 14.9. The first-order valence-corrected chi connectivity index (χ1v) is 6.47. The Kier molecular flexibility index (Phi) is 4.45. The molecule has 1 amide bonds. The third kappa shape index (κ3) is 3.73. The summed E-state index contributed by atoms with van der Waals surface area (Å²) in [5.74, 6) is -0.641. The molecule has 0 aliphatic heterocycles. The zero-order valence-electron chi connectivity index (χ0n) is 11.2. The van der Waals surface area contributed by atoms with Crippen molar-refractivity contribution in [1.29, 1.82) is 0 Å². The second-order valence-electron chi connectivity index (χ2n) is 4.35. The Morgan fingerprint density at radius 1 is 1.19 bits per heavy atom. The van der Waals surface area contributed by atoms with Crippen LogP contribution in [0.1, 0.15) is 22.8 Å². The topological polar surface area (TPSA) is 81.9 Å². The highest BCUT2D eigenvalue weighted by Crippen LogP contribution is 2.21. The number of carbonyl (C=O) groups excluding carboxylic acids is 1. The van der Waals surface area contributed by atoms with Gasteiger partial charge in [-0.2, -0.15) is 5.10 Å². The molecule has 0 bridgehead atoms. The van der Waals surface area contributed by atoms with Crippen LogP contribution in [0.5, 0.6) is 11.5 Å². The van der Waals surface area contributed by atoms with E-state index in [1.165, 1.54) is 24.3 Å². The standard InChI is InChI=1S/C15H13ClN2O3/c1-9(10-3-2-4-12(19)7-10)17-18-15(21)13-8-11(16)5-6-14(13)20/h2-8,19-20H,1H3,(H,18,21)/b17-9+. The second-order valence-corrected chi connectivity index (χ2v) is 4.79. The highest BCUT2D eigenvalue weighted by atomic mass is 35.5. The van der Waals surface area contributed by atoms with E-state index in [1.807, 2.05) is 0 Å². The summed E-state index contributed by atoms with van der Waals surface area (Å²) in [5, 5.41) is 23.3. The summed E-state index contributed by atoms with van der Waals surface area (Å²) in [6.07, 6.45) is 0. The summed E-state index contributed by atoms with van der Waals surface area (Å²) < 4.78 is 0. The van der Waals surface area contributed by atoms with Gasteiger partial charge in [-0.1, -0.05) is 23.7 Å². The van der Waals surface area contributed by atoms with Crippen molar-refractivity contribution in [2.45, 2.75) is 6.92 Å². The Labute approximate surface area is 126 Å². The average molecular weight is 305 g/mol. The molecule has 108 valence electrons. The maximum Gasteiger partial charge on any atom is 0.275 e. The van der Waals surface area contributed by atoms with Crippen molar-refractivity contribution in [1.82, 2.24) is 5.43 Å². The number of nitrogens with zero attached hydrogens (tertiary/aromatic N) is 1. The Morgan fingerprint density at radius 3 is 2.67 bits per heavy atom. The van der Waals surface area contributed by atoms with Gasteiger partial charge in [-0.3, -0.25) is 4.79 Å². The lowest BCUT2D eigenvalue weighted by Crippen LogP contribution is -2.19. The van der Waals surface area contributed by atoms with Crippen LogP contribution < -0.4 is 5.43 Å². The van der Waals surface area contributed by atoms with Crippen LogP contribution in [-0.2, 0) is 0 Å². The lowest BCUT2D eigenvalue weighted by molar-refractivity contribution is 0.0952. The number of rotatable bonds is 3. The highest BCUT2D eigenvalue weighted by molar-refractivity contribution is 6.31. The number of hydrazone groups is 1. The van der Waals surface area contributed by atoms with Crippen LogP contribution in [0.3, 0.4) is 0 Å². The average Bonchev–Trinajstić information content (AvgIpc) is 2.47. The maximum absolute atomic E-state index is 11.9. The predicted octanol–water partition coefficient (Wildman–Crippen LogP) is 2.91. The van der Waals surface area contributed by atoms with E-state index in [9.17, 15) is 15.0 Å². The Bertz CT molecular complexity index is 714. The first-order chi connectivity index (χ1) is 9.97. The number of hydrogen-bond donors (Lipinski definition) is 3. The molecule has 0 radical (unpaired) electrons. The minimum atomic E-state index is -0.575. The molecule has 5 nitrogen and oxygen atoms in total. The van der Waals surface area contributed by atoms with Crippen molar-refractivity contribution in [3.8, 4) is 11.5 Å². The number of phenolic OH excluding ortho intramolecular Hbond substituents is 2. The van der Waals surface area contributed by atoms with Crippen molar-refractivity contribution in [3.05, 3.63) is 58.6 Å². The molecule has 21 heavy (non-hydrogen) atoms. The number of benzene rings is 2. The minimum absolute atomic E-state index is 0.0370. The van der Waals surface area contributed by atoms with Gasteiger partial charge in [0.05, 0.1) is 11.3 Å². The summed E-state index contributed by atoms with van der Waals surface area (Å²) in [5.41, 5.74) is 3.56. The SMILES string of the molecule is C/C(=N\NC(=O)c1cc(Cl)ccc1O)c1cccc(O)c1. The smallest absolute Gasteiger partial charge is 0.275 e. The van der Waals surface area contributed by atoms with Crippen LogP contribution in [0.2, 0.25) is 5.02 Å². The molecule has 3 N–H and O–H groups in total. The monoisotopic (exact) mass is 304 g/mol. The zero-order chi connectivity index (χ0) is 15.4. The summed E-state index contributed by atoms with van der Waals surface area (Å²) in [6, 6.07) is 10.7. The van der Waals surface area contributed by atoms with E-state index in [-0.39, 0.29) is 17.1 Å². The first-order valence-electron chi connectivity index (χ1n) is 6.10. The molecule has 0 heterocycles. The highest BCUT2D eigenvalue weighted by Gasteiger charge is 2.11. The van der Waals surface area contributed by atoms with Crippen LogP contribution in [-0.4, -0.2) is 21.8 Å². The fourth-order valence-corrected chi connectivity index (χ4v) is 1.85. The largest absolute Gasteiger partial charge is 0.508 e. The van der Waals surface area contributed by atoms with Gasteiger partial charge in [-0.05, 0) is 37.3 Å². The summed E-state index contributed by atoms with van der Waals surface area (Å²) in [4.78, 5) is 11.9. The third-order valence-electron chi connectivity index (χ3n) is 2.79. The quantitative estimate of drug-likeness (QED) is 0.602. The number of phenols is 2. The molecule has 0 unspecified atom stereocenters. The molecular formula is C15H13ClN2O3. The normalized spacial score (nSPS) is 11.2. The van der Waals surface area contributed by atoms with Gasteiger partial charge < -0.3 is 10.2 Å². The van der Waals surface area contributed by atoms with Crippen LogP contribution in [0.4, 0.5) is 0 Å². The summed E-state index contributed by atoms with van der Waals surface area (Å²) in [6.45, 7) is 1.69. The molecule has 0 aromatic heterocycles. The second kappa shape index (κ2) is 6.28. The van der Waals surface area contributed by atoms with Crippen LogP contribution in [0.15, 0.2) is 47.6 Å². The maximum atomic E-state index is 11.9. The molecule has 0 aliphatic rings. The Balaban J connectivity index is 2.16. The predicted molar refractivity (Wildman–Crippen MR) is 80.9 cm³/mol. The van der Waals surface area contributed by atoms with Crippen LogP contribution in [0, 0.1) is 0 Å². The number of amides is 1. The number of carbonyl (C=O) groups is 1. The molecule has 0 fully saturated rings. The van der Waals surface area contributed by atoms with Gasteiger partial charge in [-0.15, -0.1) is 0 Å². The molecule has 0 aliphatic carbocycles. The zero-order valence-corrected chi connectivity index (χ0v) is 11.9. The third-order valence-corrected chi connectivity index (χ3v) is 3.03. The molecule has 6 heteroatoms. The van der Waals surface area contributed by atoms with Crippen molar-refractivity contribution < 1.29 is 15.0 Å². The van der Waals surface area contributed by atoms with Gasteiger partial charge in [0.2, 0.25) is 0 Å². The van der Waals surface area contributed by atoms with Crippen molar-refractivity contribution in [2.75, 3.05) is 0 Å². The van der Waals surface area contributed by atoms with E-state index in [0.29, 0.717) is 16.3 Å². The number of hydrogen-bond acceptors (Lipinski definition) is 4. The van der Waals surface area contributed by atoms with E-state index in [1.54, 1.807) is 25.1 Å². The van der Waals surface area contributed by atoms with Gasteiger partial charge >= 0.3 is 0 Å². The lowest BCUT2D eigenvalue weighted by Gasteiger charge is -2.05. The number of halogens is 1. The van der Waals surface area contributed by atoms with Crippen molar-refractivity contribution >= 4 is 23.2 Å². The Morgan fingerprint density at radius 2 is 1.95 bits per heavy atom. The summed E-state index contributed by atoms with van der Waals surface area (Å²) >= 11 is 5.78. The molecule has 0 atom stereocenters. The number of aromatic hydroxyl groups is 2. The van der Waals surface area contributed by atoms with Crippen LogP contribution >= 0.6 is 11.6 Å². The molecule has 0 saturated carbocycles. The Hall–Kier alpha value is -2.53. The molecule has 0 spiro atoms. The van der Waals surface area contributed by atoms with E-state index in [2.05, 4.69) is 10.5 Å². The van der Waals surface area contributed by atoms with E-state index in [4.69, 9.17) is 11.6 Å². The molecule has 2 aromatic carbocycles. The van der Waals surface area contributed by atoms with Gasteiger partial charge in [0.1, 0.15) is 11.5 Å². The molecule has 2 aromatic rings. The van der Waals surface area contributed by atoms with Gasteiger partial charge in [-0.25, -0.2) is 5.43 Å². The fraction of sp³-hybridized carbons (Fsp3) is 0.0667. The van der Waals surface area contributed by atoms with Crippen molar-refractivity contribution in [3.63, 3.8) is 0 Å². The minimum Gasteiger partial charge on any atom is -0.508 e.